The molecule has 7 nitrogen and oxygen atoms in total. The number of ether oxygens (including phenoxy) is 2. The number of nitrogens with zero attached hydrogens (tertiary/aromatic N) is 1. The van der Waals surface area contributed by atoms with Gasteiger partial charge >= 0.3 is 0 Å². The number of carbonyl (C=O) groups is 3. The van der Waals surface area contributed by atoms with Crippen molar-refractivity contribution < 1.29 is 23.9 Å². The highest BCUT2D eigenvalue weighted by molar-refractivity contribution is 6.04. The van der Waals surface area contributed by atoms with Crippen molar-refractivity contribution in [3.05, 3.63) is 89.5 Å². The van der Waals surface area contributed by atoms with Crippen LogP contribution < -0.4 is 19.7 Å². The molecule has 3 aromatic carbocycles. The van der Waals surface area contributed by atoms with E-state index in [0.717, 1.165) is 12.0 Å². The molecular weight excluding hydrogens is 444 g/mol. The quantitative estimate of drug-likeness (QED) is 0.456. The molecule has 0 fully saturated rings. The number of Topliss-reactive ketones (excluding diaryl/α,β-unsaturated/α-hetero) is 1. The van der Waals surface area contributed by atoms with Gasteiger partial charge in [0.1, 0.15) is 18.0 Å². The van der Waals surface area contributed by atoms with Gasteiger partial charge in [0.2, 0.25) is 5.91 Å². The number of nitrogens with one attached hydrogen (secondary N) is 1. The zero-order chi connectivity index (χ0) is 24.6. The number of hydrogen-bond donors (Lipinski definition) is 1. The molecule has 1 aliphatic heterocycles. The first-order valence-corrected chi connectivity index (χ1v) is 11.7. The Morgan fingerprint density at radius 2 is 1.77 bits per heavy atom. The summed E-state index contributed by atoms with van der Waals surface area (Å²) in [4.78, 5) is 39.2. The average Bonchev–Trinajstić information content (AvgIpc) is 2.89. The van der Waals surface area contributed by atoms with Crippen LogP contribution in [0, 0.1) is 0 Å². The van der Waals surface area contributed by atoms with Gasteiger partial charge in [0.15, 0.2) is 19.0 Å². The molecule has 0 radical (unpaired) electrons. The lowest BCUT2D eigenvalue weighted by molar-refractivity contribution is -0.125. The standard InChI is InChI=1S/C28H28N2O5/c1-2-20-8-11-23(12-9-20)34-18-25(31)22-10-13-26-24(16-22)30(28(33)19-35-26)17-27(32)29-15-14-21-6-4-3-5-7-21/h3-13,16H,2,14-15,17-19H2,1H3,(H,29,32). The number of carbonyl (C=O) groups excluding carboxylic acids is 3. The second kappa shape index (κ2) is 11.3. The molecule has 2 amide bonds. The van der Waals surface area contributed by atoms with E-state index in [1.807, 2.05) is 54.6 Å². The van der Waals surface area contributed by atoms with Crippen molar-refractivity contribution in [2.75, 3.05) is 31.2 Å². The van der Waals surface area contributed by atoms with E-state index in [4.69, 9.17) is 9.47 Å². The van der Waals surface area contributed by atoms with Crippen molar-refractivity contribution in [2.45, 2.75) is 19.8 Å². The van der Waals surface area contributed by atoms with Gasteiger partial charge in [-0.25, -0.2) is 0 Å². The van der Waals surface area contributed by atoms with Gasteiger partial charge in [0.25, 0.3) is 5.91 Å². The van der Waals surface area contributed by atoms with Crippen LogP contribution in [0.1, 0.15) is 28.4 Å². The maximum Gasteiger partial charge on any atom is 0.265 e. The molecular formula is C28H28N2O5. The maximum atomic E-state index is 12.8. The van der Waals surface area contributed by atoms with Crippen molar-refractivity contribution in [1.29, 1.82) is 0 Å². The van der Waals surface area contributed by atoms with Gasteiger partial charge in [-0.2, -0.15) is 0 Å². The summed E-state index contributed by atoms with van der Waals surface area (Å²) in [6.07, 6.45) is 1.62. The number of anilines is 1. The minimum Gasteiger partial charge on any atom is -0.485 e. The van der Waals surface area contributed by atoms with E-state index in [0.29, 0.717) is 35.7 Å². The van der Waals surface area contributed by atoms with Gasteiger partial charge in [-0.1, -0.05) is 49.4 Å². The summed E-state index contributed by atoms with van der Waals surface area (Å²) in [5.41, 5.74) is 3.08. The van der Waals surface area contributed by atoms with E-state index in [1.54, 1.807) is 18.2 Å². The fraction of sp³-hybridized carbons (Fsp3) is 0.250. The molecule has 1 aliphatic rings. The Bertz CT molecular complexity index is 1190. The van der Waals surface area contributed by atoms with Crippen LogP contribution in [-0.2, 0) is 22.4 Å². The van der Waals surface area contributed by atoms with Gasteiger partial charge < -0.3 is 14.8 Å². The topological polar surface area (TPSA) is 84.9 Å². The first-order valence-electron chi connectivity index (χ1n) is 11.7. The summed E-state index contributed by atoms with van der Waals surface area (Å²) in [6.45, 7) is 2.08. The molecule has 3 aromatic rings. The first kappa shape index (κ1) is 24.0. The zero-order valence-electron chi connectivity index (χ0n) is 19.7. The van der Waals surface area contributed by atoms with Crippen LogP contribution in [0.3, 0.4) is 0 Å². The van der Waals surface area contributed by atoms with E-state index < -0.39 is 0 Å². The number of rotatable bonds is 10. The van der Waals surface area contributed by atoms with Crippen LogP contribution in [-0.4, -0.2) is 43.9 Å². The number of ketones is 1. The van der Waals surface area contributed by atoms with Crippen LogP contribution in [0.15, 0.2) is 72.8 Å². The van der Waals surface area contributed by atoms with E-state index in [2.05, 4.69) is 12.2 Å². The van der Waals surface area contributed by atoms with Gasteiger partial charge in [-0.05, 0) is 54.3 Å². The number of hydrogen-bond acceptors (Lipinski definition) is 5. The normalized spacial score (nSPS) is 12.5. The summed E-state index contributed by atoms with van der Waals surface area (Å²) in [6, 6.07) is 22.3. The molecule has 0 bridgehead atoms. The lowest BCUT2D eigenvalue weighted by Crippen LogP contribution is -2.45. The summed E-state index contributed by atoms with van der Waals surface area (Å²) in [7, 11) is 0. The van der Waals surface area contributed by atoms with Gasteiger partial charge in [0.05, 0.1) is 5.69 Å². The maximum absolute atomic E-state index is 12.8. The molecule has 1 N–H and O–H groups in total. The Balaban J connectivity index is 1.38. The van der Waals surface area contributed by atoms with E-state index in [9.17, 15) is 14.4 Å². The molecule has 4 rings (SSSR count). The average molecular weight is 473 g/mol. The van der Waals surface area contributed by atoms with Gasteiger partial charge in [0, 0.05) is 12.1 Å². The third kappa shape index (κ3) is 6.26. The summed E-state index contributed by atoms with van der Waals surface area (Å²) in [5.74, 6) is 0.207. The van der Waals surface area contributed by atoms with Crippen molar-refractivity contribution >= 4 is 23.3 Å². The van der Waals surface area contributed by atoms with Crippen LogP contribution in [0.25, 0.3) is 0 Å². The Hall–Kier alpha value is -4.13. The number of aryl methyl sites for hydroxylation is 1. The second-order valence-corrected chi connectivity index (χ2v) is 8.25. The highest BCUT2D eigenvalue weighted by Crippen LogP contribution is 2.33. The predicted octanol–water partition coefficient (Wildman–Crippen LogP) is 3.60. The third-order valence-corrected chi connectivity index (χ3v) is 5.81. The number of benzene rings is 3. The molecule has 0 aliphatic carbocycles. The van der Waals surface area contributed by atoms with Crippen LogP contribution >= 0.6 is 0 Å². The molecule has 0 unspecified atom stereocenters. The monoisotopic (exact) mass is 472 g/mol. The molecule has 0 saturated carbocycles. The molecule has 0 spiro atoms. The number of fused-ring (bicyclic) bond motifs is 1. The predicted molar refractivity (Wildman–Crippen MR) is 133 cm³/mol. The fourth-order valence-electron chi connectivity index (χ4n) is 3.79. The van der Waals surface area contributed by atoms with Crippen molar-refractivity contribution in [2.24, 2.45) is 0 Å². The Morgan fingerprint density at radius 3 is 2.51 bits per heavy atom. The second-order valence-electron chi connectivity index (χ2n) is 8.25. The Morgan fingerprint density at radius 1 is 1.00 bits per heavy atom. The summed E-state index contributed by atoms with van der Waals surface area (Å²) >= 11 is 0. The summed E-state index contributed by atoms with van der Waals surface area (Å²) < 4.78 is 11.1. The molecule has 0 atom stereocenters. The number of amides is 2. The van der Waals surface area contributed by atoms with Crippen molar-refractivity contribution in [3.8, 4) is 11.5 Å². The molecule has 35 heavy (non-hydrogen) atoms. The molecule has 0 saturated heterocycles. The smallest absolute Gasteiger partial charge is 0.265 e. The first-order chi connectivity index (χ1) is 17.0. The highest BCUT2D eigenvalue weighted by Gasteiger charge is 2.28. The molecule has 1 heterocycles. The lowest BCUT2D eigenvalue weighted by atomic mass is 10.1. The Kier molecular flexibility index (Phi) is 7.77. The van der Waals surface area contributed by atoms with Crippen LogP contribution in [0.5, 0.6) is 11.5 Å². The lowest BCUT2D eigenvalue weighted by Gasteiger charge is -2.29. The van der Waals surface area contributed by atoms with E-state index in [-0.39, 0.29) is 37.4 Å². The van der Waals surface area contributed by atoms with E-state index in [1.165, 1.54) is 10.5 Å². The third-order valence-electron chi connectivity index (χ3n) is 5.81. The minimum atomic E-state index is -0.340. The fourth-order valence-corrected chi connectivity index (χ4v) is 3.79. The van der Waals surface area contributed by atoms with Crippen LogP contribution in [0.2, 0.25) is 0 Å². The van der Waals surface area contributed by atoms with E-state index >= 15 is 0 Å². The molecule has 0 aromatic heterocycles. The molecule has 180 valence electrons. The van der Waals surface area contributed by atoms with Crippen molar-refractivity contribution in [3.63, 3.8) is 0 Å². The zero-order valence-corrected chi connectivity index (χ0v) is 19.7. The van der Waals surface area contributed by atoms with Crippen LogP contribution in [0.4, 0.5) is 5.69 Å². The largest absolute Gasteiger partial charge is 0.485 e. The minimum absolute atomic E-state index is 0.140. The van der Waals surface area contributed by atoms with Crippen molar-refractivity contribution in [1.82, 2.24) is 5.32 Å². The van der Waals surface area contributed by atoms with Gasteiger partial charge in [-0.15, -0.1) is 0 Å². The highest BCUT2D eigenvalue weighted by atomic mass is 16.5. The Labute approximate surface area is 204 Å². The molecule has 7 heteroatoms. The summed E-state index contributed by atoms with van der Waals surface area (Å²) in [5, 5.41) is 2.85. The van der Waals surface area contributed by atoms with Gasteiger partial charge in [-0.3, -0.25) is 19.3 Å². The SMILES string of the molecule is CCc1ccc(OCC(=O)c2ccc3c(c2)N(CC(=O)NCCc2ccccc2)C(=O)CO3)cc1.